The van der Waals surface area contributed by atoms with Crippen LogP contribution >= 0.6 is 0 Å². The maximum atomic E-state index is 12.7. The molecular weight excluding hydrogens is 324 g/mol. The van der Waals surface area contributed by atoms with E-state index < -0.39 is 37.0 Å². The van der Waals surface area contributed by atoms with Crippen LogP contribution in [0.15, 0.2) is 4.79 Å². The minimum absolute atomic E-state index is 0.0309. The fourth-order valence-corrected chi connectivity index (χ4v) is 2.10. The molecule has 7 nitrogen and oxygen atoms in total. The number of aromatic amines is 1. The summed E-state index contributed by atoms with van der Waals surface area (Å²) in [6.07, 6.45) is -3.64. The van der Waals surface area contributed by atoms with E-state index in [9.17, 15) is 27.2 Å². The summed E-state index contributed by atoms with van der Waals surface area (Å²) < 4.78 is 53.6. The highest BCUT2D eigenvalue weighted by Crippen LogP contribution is 2.23. The maximum absolute atomic E-state index is 12.7. The number of nitrogens with two attached hydrogens (primary N) is 1. The molecule has 128 valence electrons. The third-order valence-corrected chi connectivity index (χ3v) is 3.28. The van der Waals surface area contributed by atoms with Crippen LogP contribution in [0.4, 0.5) is 23.5 Å². The number of anilines is 1. The number of nitrogen functional groups attached to an aromatic ring is 1. The quantitative estimate of drug-likeness (QED) is 0.745. The highest BCUT2D eigenvalue weighted by Gasteiger charge is 2.41. The number of carbonyl (C=O) groups is 1. The largest absolute Gasteiger partial charge is 0.369 e. The van der Waals surface area contributed by atoms with Crippen LogP contribution < -0.4 is 11.3 Å². The first-order chi connectivity index (χ1) is 10.7. The molecule has 0 aromatic carbocycles. The molecule has 0 fully saturated rings. The number of hydrogen-bond acceptors (Lipinski definition) is 5. The minimum Gasteiger partial charge on any atom is -0.369 e. The van der Waals surface area contributed by atoms with Crippen LogP contribution in [0, 0.1) is 0 Å². The van der Waals surface area contributed by atoms with Gasteiger partial charge in [-0.3, -0.25) is 14.6 Å². The molecule has 1 aliphatic heterocycles. The van der Waals surface area contributed by atoms with Crippen LogP contribution in [0.25, 0.3) is 0 Å². The van der Waals surface area contributed by atoms with Gasteiger partial charge < -0.3 is 15.4 Å². The summed E-state index contributed by atoms with van der Waals surface area (Å²) in [5.74, 6) is -5.07. The fourth-order valence-electron chi connectivity index (χ4n) is 2.10. The summed E-state index contributed by atoms with van der Waals surface area (Å²) in [6.45, 7) is -2.19. The second-order valence-corrected chi connectivity index (χ2v) is 5.00. The van der Waals surface area contributed by atoms with E-state index in [2.05, 4.69) is 14.7 Å². The molecular formula is C12H14F4N4O3. The molecule has 2 heterocycles. The minimum atomic E-state index is -4.31. The predicted octanol–water partition coefficient (Wildman–Crippen LogP) is 0.154. The summed E-state index contributed by atoms with van der Waals surface area (Å²) >= 11 is 0. The van der Waals surface area contributed by atoms with Crippen LogP contribution in [0.2, 0.25) is 0 Å². The van der Waals surface area contributed by atoms with Crippen LogP contribution in [-0.4, -0.2) is 52.9 Å². The molecule has 0 atom stereocenters. The van der Waals surface area contributed by atoms with E-state index in [1.165, 1.54) is 4.90 Å². The van der Waals surface area contributed by atoms with Gasteiger partial charge in [0.15, 0.2) is 0 Å². The second-order valence-electron chi connectivity index (χ2n) is 5.00. The molecule has 1 aromatic heterocycles. The highest BCUT2D eigenvalue weighted by molar-refractivity contribution is 5.77. The number of alkyl halides is 4. The van der Waals surface area contributed by atoms with Crippen molar-refractivity contribution in [3.63, 3.8) is 0 Å². The van der Waals surface area contributed by atoms with Crippen molar-refractivity contribution < 1.29 is 27.1 Å². The van der Waals surface area contributed by atoms with Gasteiger partial charge in [-0.05, 0) is 6.42 Å². The standard InChI is InChI=1S/C12H14F4N4O3/c13-10(14)12(15,16)5-23-4-8(21)20-2-1-6-7(3-20)18-11(17)19-9(6)22/h10H,1-5H2,(H3,17,18,19,22). The van der Waals surface area contributed by atoms with E-state index in [0.29, 0.717) is 11.3 Å². The molecule has 0 radical (unpaired) electrons. The number of H-pyrrole nitrogens is 1. The van der Waals surface area contributed by atoms with E-state index in [-0.39, 0.29) is 25.5 Å². The lowest BCUT2D eigenvalue weighted by Gasteiger charge is -2.27. The number of hydrogen-bond donors (Lipinski definition) is 2. The molecule has 0 saturated carbocycles. The number of carbonyl (C=O) groups excluding carboxylic acids is 1. The molecule has 0 bridgehead atoms. The molecule has 0 saturated heterocycles. The Morgan fingerprint density at radius 1 is 1.48 bits per heavy atom. The molecule has 11 heteroatoms. The van der Waals surface area contributed by atoms with Gasteiger partial charge in [-0.1, -0.05) is 0 Å². The molecule has 3 N–H and O–H groups in total. The summed E-state index contributed by atoms with van der Waals surface area (Å²) in [4.78, 5) is 31.0. The Bertz CT molecular complexity index is 650. The van der Waals surface area contributed by atoms with Crippen molar-refractivity contribution in [2.45, 2.75) is 25.3 Å². The van der Waals surface area contributed by atoms with Crippen molar-refractivity contribution in [1.29, 1.82) is 0 Å². The smallest absolute Gasteiger partial charge is 0.330 e. The van der Waals surface area contributed by atoms with Gasteiger partial charge in [-0.15, -0.1) is 0 Å². The number of fused-ring (bicyclic) bond motifs is 1. The Morgan fingerprint density at radius 2 is 2.17 bits per heavy atom. The van der Waals surface area contributed by atoms with Crippen molar-refractivity contribution in [3.05, 3.63) is 21.6 Å². The lowest BCUT2D eigenvalue weighted by Crippen LogP contribution is -2.42. The Morgan fingerprint density at radius 3 is 2.83 bits per heavy atom. The Labute approximate surface area is 127 Å². The molecule has 1 aromatic rings. The van der Waals surface area contributed by atoms with Crippen molar-refractivity contribution in [3.8, 4) is 0 Å². The number of ether oxygens (including phenoxy) is 1. The molecule has 0 aliphatic carbocycles. The lowest BCUT2D eigenvalue weighted by atomic mass is 10.1. The van der Waals surface area contributed by atoms with E-state index in [0.717, 1.165) is 0 Å². The van der Waals surface area contributed by atoms with Crippen molar-refractivity contribution in [2.75, 3.05) is 25.5 Å². The topological polar surface area (TPSA) is 101 Å². The van der Waals surface area contributed by atoms with Crippen molar-refractivity contribution >= 4 is 11.9 Å². The molecule has 0 spiro atoms. The monoisotopic (exact) mass is 338 g/mol. The summed E-state index contributed by atoms with van der Waals surface area (Å²) in [5, 5.41) is 0. The highest BCUT2D eigenvalue weighted by atomic mass is 19.3. The summed E-state index contributed by atoms with van der Waals surface area (Å²) in [7, 11) is 0. The van der Waals surface area contributed by atoms with Gasteiger partial charge in [0.1, 0.15) is 13.2 Å². The summed E-state index contributed by atoms with van der Waals surface area (Å²) in [6, 6.07) is 0. The third kappa shape index (κ3) is 3.97. The maximum Gasteiger partial charge on any atom is 0.330 e. The van der Waals surface area contributed by atoms with E-state index in [1.54, 1.807) is 0 Å². The zero-order valence-electron chi connectivity index (χ0n) is 11.8. The number of halogens is 4. The SMILES string of the molecule is Nc1nc2c(c(=O)[nH]1)CCN(C(=O)COCC(F)(F)C(F)F)C2. The Kier molecular flexibility index (Phi) is 4.88. The first kappa shape index (κ1) is 17.2. The van der Waals surface area contributed by atoms with Crippen LogP contribution in [-0.2, 0) is 22.5 Å². The normalized spacial score (nSPS) is 14.9. The van der Waals surface area contributed by atoms with Gasteiger partial charge in [0.25, 0.3) is 5.56 Å². The van der Waals surface area contributed by atoms with Crippen LogP contribution in [0.5, 0.6) is 0 Å². The van der Waals surface area contributed by atoms with Gasteiger partial charge in [-0.25, -0.2) is 13.8 Å². The first-order valence-corrected chi connectivity index (χ1v) is 6.59. The summed E-state index contributed by atoms with van der Waals surface area (Å²) in [5.41, 5.74) is 5.72. The molecule has 1 aliphatic rings. The van der Waals surface area contributed by atoms with E-state index >= 15 is 0 Å². The van der Waals surface area contributed by atoms with Crippen LogP contribution in [0.3, 0.4) is 0 Å². The second kappa shape index (κ2) is 6.52. The molecule has 2 rings (SSSR count). The first-order valence-electron chi connectivity index (χ1n) is 6.59. The van der Waals surface area contributed by atoms with Gasteiger partial charge >= 0.3 is 12.3 Å². The number of nitrogens with one attached hydrogen (secondary N) is 1. The molecule has 0 unspecified atom stereocenters. The Balaban J connectivity index is 1.93. The van der Waals surface area contributed by atoms with Gasteiger partial charge in [0.2, 0.25) is 11.9 Å². The van der Waals surface area contributed by atoms with Gasteiger partial charge in [0.05, 0.1) is 12.2 Å². The van der Waals surface area contributed by atoms with Crippen molar-refractivity contribution in [2.24, 2.45) is 0 Å². The molecule has 1 amide bonds. The number of amides is 1. The fraction of sp³-hybridized carbons (Fsp3) is 0.583. The predicted molar refractivity (Wildman–Crippen MR) is 70.2 cm³/mol. The Hall–Kier alpha value is -2.17. The lowest BCUT2D eigenvalue weighted by molar-refractivity contribution is -0.171. The molecule has 23 heavy (non-hydrogen) atoms. The van der Waals surface area contributed by atoms with Crippen molar-refractivity contribution in [1.82, 2.24) is 14.9 Å². The zero-order chi connectivity index (χ0) is 17.2. The number of rotatable bonds is 5. The van der Waals surface area contributed by atoms with Crippen LogP contribution in [0.1, 0.15) is 11.3 Å². The average Bonchev–Trinajstić information content (AvgIpc) is 2.45. The number of aromatic nitrogens is 2. The van der Waals surface area contributed by atoms with Gasteiger partial charge in [-0.2, -0.15) is 8.78 Å². The zero-order valence-corrected chi connectivity index (χ0v) is 11.8. The van der Waals surface area contributed by atoms with E-state index in [4.69, 9.17) is 5.73 Å². The average molecular weight is 338 g/mol. The third-order valence-electron chi connectivity index (χ3n) is 3.28. The van der Waals surface area contributed by atoms with Gasteiger partial charge in [0, 0.05) is 12.1 Å². The van der Waals surface area contributed by atoms with E-state index in [1.807, 2.05) is 0 Å². The number of nitrogens with zero attached hydrogens (tertiary/aromatic N) is 2.